The smallest absolute Gasteiger partial charge is 0.246 e. The number of hydrogen-bond donors (Lipinski definition) is 1. The molecular weight excluding hydrogens is 373 g/mol. The quantitative estimate of drug-likeness (QED) is 0.755. The van der Waals surface area contributed by atoms with Gasteiger partial charge in [0.25, 0.3) is 0 Å². The van der Waals surface area contributed by atoms with Crippen molar-refractivity contribution < 1.29 is 13.9 Å². The fourth-order valence-electron chi connectivity index (χ4n) is 3.61. The molecule has 1 saturated carbocycles. The number of halogens is 1. The third-order valence-corrected chi connectivity index (χ3v) is 5.27. The Labute approximate surface area is 169 Å². The minimum Gasteiger partial charge on any atom is -0.465 e. The highest BCUT2D eigenvalue weighted by Crippen LogP contribution is 2.33. The molecule has 1 aliphatic heterocycles. The van der Waals surface area contributed by atoms with Crippen molar-refractivity contribution in [1.82, 2.24) is 9.97 Å². The molecule has 0 radical (unpaired) electrons. The summed E-state index contributed by atoms with van der Waals surface area (Å²) in [5, 5.41) is 3.37. The Bertz CT molecular complexity index is 912. The second-order valence-corrected chi connectivity index (χ2v) is 7.37. The maximum absolute atomic E-state index is 12.9. The van der Waals surface area contributed by atoms with E-state index < -0.39 is 0 Å². The summed E-state index contributed by atoms with van der Waals surface area (Å²) in [6, 6.07) is 6.24. The largest absolute Gasteiger partial charge is 0.465 e. The van der Waals surface area contributed by atoms with Gasteiger partial charge < -0.3 is 19.9 Å². The van der Waals surface area contributed by atoms with E-state index >= 15 is 0 Å². The van der Waals surface area contributed by atoms with E-state index in [0.717, 1.165) is 24.3 Å². The van der Waals surface area contributed by atoms with Crippen molar-refractivity contribution in [2.45, 2.75) is 25.8 Å². The Morgan fingerprint density at radius 3 is 2.79 bits per heavy atom. The van der Waals surface area contributed by atoms with E-state index in [4.69, 9.17) is 4.74 Å². The van der Waals surface area contributed by atoms with Crippen LogP contribution in [-0.4, -0.2) is 42.1 Å². The molecule has 1 aliphatic carbocycles. The number of aromatic nitrogens is 2. The molecule has 1 fully saturated rings. The van der Waals surface area contributed by atoms with Crippen LogP contribution >= 0.6 is 0 Å². The van der Waals surface area contributed by atoms with E-state index in [1.807, 2.05) is 24.9 Å². The van der Waals surface area contributed by atoms with Crippen LogP contribution in [0.3, 0.4) is 0 Å². The highest BCUT2D eigenvalue weighted by Gasteiger charge is 2.30. The number of nitrogens with one attached hydrogen (secondary N) is 1. The summed E-state index contributed by atoms with van der Waals surface area (Å²) in [5.41, 5.74) is 0.754. The molecule has 1 N–H and O–H groups in total. The standard InChI is InChI=1S/C21H24FN5O2/c1-3-27-18-12-23-21(25-20(18)26(2)13-19(27)28)24-16-10-14(11-16)8-9-29-17-6-4-15(22)5-7-17/h4-9,12,14,16H,3,10-11,13H2,1-2H3,(H,23,24,25)/b9-8-/t14-,16+. The average molecular weight is 397 g/mol. The van der Waals surface area contributed by atoms with Crippen molar-refractivity contribution in [3.05, 3.63) is 48.6 Å². The summed E-state index contributed by atoms with van der Waals surface area (Å²) in [7, 11) is 1.87. The summed E-state index contributed by atoms with van der Waals surface area (Å²) in [4.78, 5) is 24.7. The van der Waals surface area contributed by atoms with Crippen LogP contribution in [0.25, 0.3) is 0 Å². The number of allylic oxidation sites excluding steroid dienone is 1. The molecule has 1 aromatic heterocycles. The van der Waals surface area contributed by atoms with Crippen LogP contribution < -0.4 is 19.9 Å². The van der Waals surface area contributed by atoms with Gasteiger partial charge in [0.2, 0.25) is 11.9 Å². The SMILES string of the molecule is CCN1C(=O)CN(C)c2nc(N[C@H]3C[C@@H](/C=C\Oc4ccc(F)cc4)C3)ncc21. The number of fused-ring (bicyclic) bond motifs is 1. The van der Waals surface area contributed by atoms with Crippen LogP contribution in [0.4, 0.5) is 21.8 Å². The van der Waals surface area contributed by atoms with Crippen molar-refractivity contribution in [2.24, 2.45) is 5.92 Å². The van der Waals surface area contributed by atoms with Crippen molar-refractivity contribution in [2.75, 3.05) is 35.3 Å². The molecule has 7 nitrogen and oxygen atoms in total. The van der Waals surface area contributed by atoms with Gasteiger partial charge in [-0.1, -0.05) is 0 Å². The molecule has 1 amide bonds. The lowest BCUT2D eigenvalue weighted by Crippen LogP contribution is -2.45. The van der Waals surface area contributed by atoms with Gasteiger partial charge in [0.15, 0.2) is 5.82 Å². The second kappa shape index (κ2) is 8.06. The molecule has 0 saturated heterocycles. The number of carbonyl (C=O) groups excluding carboxylic acids is 1. The number of hydrogen-bond acceptors (Lipinski definition) is 6. The van der Waals surface area contributed by atoms with Crippen LogP contribution in [0.15, 0.2) is 42.8 Å². The number of amides is 1. The highest BCUT2D eigenvalue weighted by molar-refractivity contribution is 6.02. The maximum atomic E-state index is 12.9. The minimum absolute atomic E-state index is 0.0586. The van der Waals surface area contributed by atoms with Gasteiger partial charge in [0.1, 0.15) is 17.3 Å². The molecule has 2 aromatic rings. The zero-order chi connectivity index (χ0) is 20.4. The molecule has 1 aromatic carbocycles. The molecule has 4 rings (SSSR count). The maximum Gasteiger partial charge on any atom is 0.246 e. The lowest BCUT2D eigenvalue weighted by atomic mass is 9.80. The summed E-state index contributed by atoms with van der Waals surface area (Å²) in [6.45, 7) is 2.87. The number of rotatable bonds is 6. The van der Waals surface area contributed by atoms with Crippen LogP contribution in [0.2, 0.25) is 0 Å². The molecule has 152 valence electrons. The number of nitrogens with zero attached hydrogens (tertiary/aromatic N) is 4. The van der Waals surface area contributed by atoms with Gasteiger partial charge in [-0.2, -0.15) is 4.98 Å². The third kappa shape index (κ3) is 4.16. The summed E-state index contributed by atoms with van der Waals surface area (Å²) in [5.74, 6) is 2.16. The normalized spacial score (nSPS) is 21.1. The fraction of sp³-hybridized carbons (Fsp3) is 0.381. The first-order chi connectivity index (χ1) is 14.0. The first-order valence-electron chi connectivity index (χ1n) is 9.77. The number of anilines is 3. The molecule has 2 heterocycles. The predicted molar refractivity (Wildman–Crippen MR) is 110 cm³/mol. The fourth-order valence-corrected chi connectivity index (χ4v) is 3.61. The van der Waals surface area contributed by atoms with E-state index in [2.05, 4.69) is 15.3 Å². The Morgan fingerprint density at radius 1 is 1.31 bits per heavy atom. The molecule has 8 heteroatoms. The Kier molecular flexibility index (Phi) is 5.33. The van der Waals surface area contributed by atoms with Gasteiger partial charge in [0, 0.05) is 19.6 Å². The minimum atomic E-state index is -0.279. The third-order valence-electron chi connectivity index (χ3n) is 5.27. The van der Waals surface area contributed by atoms with Gasteiger partial charge in [-0.15, -0.1) is 0 Å². The van der Waals surface area contributed by atoms with Crippen LogP contribution in [0.5, 0.6) is 5.75 Å². The van der Waals surface area contributed by atoms with Crippen LogP contribution in [-0.2, 0) is 4.79 Å². The van der Waals surface area contributed by atoms with E-state index in [9.17, 15) is 9.18 Å². The second-order valence-electron chi connectivity index (χ2n) is 7.37. The van der Waals surface area contributed by atoms with Gasteiger partial charge in [-0.25, -0.2) is 9.37 Å². The van der Waals surface area contributed by atoms with E-state index in [1.165, 1.54) is 12.1 Å². The Morgan fingerprint density at radius 2 is 2.07 bits per heavy atom. The molecular formula is C21H24FN5O2. The predicted octanol–water partition coefficient (Wildman–Crippen LogP) is 3.20. The topological polar surface area (TPSA) is 70.6 Å². The van der Waals surface area contributed by atoms with Crippen LogP contribution in [0.1, 0.15) is 19.8 Å². The molecule has 2 aliphatic rings. The molecule has 0 atom stereocenters. The Balaban J connectivity index is 1.30. The van der Waals surface area contributed by atoms with E-state index in [1.54, 1.807) is 29.5 Å². The van der Waals surface area contributed by atoms with E-state index in [0.29, 0.717) is 36.7 Å². The lowest BCUT2D eigenvalue weighted by Gasteiger charge is -2.35. The van der Waals surface area contributed by atoms with Crippen molar-refractivity contribution >= 4 is 23.4 Å². The highest BCUT2D eigenvalue weighted by atomic mass is 19.1. The number of likely N-dealkylation sites (N-methyl/N-ethyl adjacent to an activating group) is 2. The monoisotopic (exact) mass is 397 g/mol. The van der Waals surface area contributed by atoms with Gasteiger partial charge >= 0.3 is 0 Å². The zero-order valence-corrected chi connectivity index (χ0v) is 16.5. The van der Waals surface area contributed by atoms with Crippen molar-refractivity contribution in [1.29, 1.82) is 0 Å². The summed E-state index contributed by atoms with van der Waals surface area (Å²) < 4.78 is 18.4. The molecule has 0 unspecified atom stereocenters. The zero-order valence-electron chi connectivity index (χ0n) is 16.5. The van der Waals surface area contributed by atoms with Gasteiger partial charge in [-0.3, -0.25) is 4.79 Å². The average Bonchev–Trinajstić information content (AvgIpc) is 2.68. The van der Waals surface area contributed by atoms with Crippen molar-refractivity contribution in [3.8, 4) is 5.75 Å². The van der Waals surface area contributed by atoms with Crippen LogP contribution in [0, 0.1) is 11.7 Å². The van der Waals surface area contributed by atoms with Gasteiger partial charge in [-0.05, 0) is 56.0 Å². The molecule has 0 bridgehead atoms. The van der Waals surface area contributed by atoms with Gasteiger partial charge in [0.05, 0.1) is 19.0 Å². The number of ether oxygens (including phenoxy) is 1. The summed E-state index contributed by atoms with van der Waals surface area (Å²) >= 11 is 0. The first kappa shape index (κ1) is 19.2. The van der Waals surface area contributed by atoms with E-state index in [-0.39, 0.29) is 11.7 Å². The lowest BCUT2D eigenvalue weighted by molar-refractivity contribution is -0.117. The number of benzene rings is 1. The Hall–Kier alpha value is -3.16. The first-order valence-corrected chi connectivity index (χ1v) is 9.77. The number of carbonyl (C=O) groups is 1. The molecule has 0 spiro atoms. The summed E-state index contributed by atoms with van der Waals surface area (Å²) in [6.07, 6.45) is 7.31. The molecule has 29 heavy (non-hydrogen) atoms. The van der Waals surface area contributed by atoms with Crippen molar-refractivity contribution in [3.63, 3.8) is 0 Å².